The molecule has 1 aromatic carbocycles. The molecule has 0 saturated carbocycles. The maximum atomic E-state index is 12.8. The summed E-state index contributed by atoms with van der Waals surface area (Å²) in [7, 11) is 1.83. The minimum absolute atomic E-state index is 0.0261. The topological polar surface area (TPSA) is 60.9 Å². The number of aliphatic carboxylic acids is 1. The molecule has 1 amide bonds. The minimum Gasteiger partial charge on any atom is -0.480 e. The van der Waals surface area contributed by atoms with E-state index in [4.69, 9.17) is 28.3 Å². The number of amides is 1. The van der Waals surface area contributed by atoms with E-state index < -0.39 is 5.97 Å². The number of benzene rings is 1. The Morgan fingerprint density at radius 2 is 2.00 bits per heavy atom. The van der Waals surface area contributed by atoms with Crippen molar-refractivity contribution in [3.63, 3.8) is 0 Å². The number of hydrogen-bond donors (Lipinski definition) is 1. The van der Waals surface area contributed by atoms with E-state index >= 15 is 0 Å². The second-order valence-corrected chi connectivity index (χ2v) is 7.43. The monoisotopic (exact) mass is 386 g/mol. The van der Waals surface area contributed by atoms with Gasteiger partial charge >= 0.3 is 5.97 Å². The SMILES string of the molecule is CC(C(=O)N1CCCC(N(C)CC(=O)O)CC1)c1ccc(Cl)c(Cl)c1. The molecule has 0 spiro atoms. The molecule has 1 aliphatic rings. The summed E-state index contributed by atoms with van der Waals surface area (Å²) in [4.78, 5) is 27.5. The molecule has 5 nitrogen and oxygen atoms in total. The summed E-state index contributed by atoms with van der Waals surface area (Å²) in [6, 6.07) is 5.47. The van der Waals surface area contributed by atoms with Gasteiger partial charge in [-0.05, 0) is 50.9 Å². The third kappa shape index (κ3) is 5.33. The van der Waals surface area contributed by atoms with Gasteiger partial charge in [0.05, 0.1) is 22.5 Å². The summed E-state index contributed by atoms with van der Waals surface area (Å²) in [5.74, 6) is -1.05. The number of carboxylic acid groups (broad SMARTS) is 1. The predicted molar refractivity (Wildman–Crippen MR) is 99.4 cm³/mol. The van der Waals surface area contributed by atoms with Crippen LogP contribution in [0.4, 0.5) is 0 Å². The van der Waals surface area contributed by atoms with Gasteiger partial charge in [0.2, 0.25) is 5.91 Å². The van der Waals surface area contributed by atoms with Gasteiger partial charge in [-0.2, -0.15) is 0 Å². The first-order valence-corrected chi connectivity index (χ1v) is 9.21. The van der Waals surface area contributed by atoms with Crippen molar-refractivity contribution in [1.82, 2.24) is 9.80 Å². The number of nitrogens with zero attached hydrogens (tertiary/aromatic N) is 2. The molecule has 0 aliphatic carbocycles. The number of hydrogen-bond acceptors (Lipinski definition) is 3. The number of rotatable bonds is 5. The Morgan fingerprint density at radius 1 is 1.28 bits per heavy atom. The lowest BCUT2D eigenvalue weighted by Gasteiger charge is -2.27. The van der Waals surface area contributed by atoms with Crippen LogP contribution in [0.1, 0.15) is 37.7 Å². The number of likely N-dealkylation sites (tertiary alicyclic amines) is 1. The average Bonchev–Trinajstić information content (AvgIpc) is 2.81. The molecule has 1 aromatic rings. The Hall–Kier alpha value is -1.30. The second-order valence-electron chi connectivity index (χ2n) is 6.61. The quantitative estimate of drug-likeness (QED) is 0.840. The van der Waals surface area contributed by atoms with Crippen molar-refractivity contribution in [1.29, 1.82) is 0 Å². The van der Waals surface area contributed by atoms with E-state index in [1.807, 2.05) is 29.8 Å². The van der Waals surface area contributed by atoms with Crippen molar-refractivity contribution < 1.29 is 14.7 Å². The molecule has 138 valence electrons. The van der Waals surface area contributed by atoms with E-state index in [2.05, 4.69) is 0 Å². The van der Waals surface area contributed by atoms with Gasteiger partial charge in [-0.25, -0.2) is 0 Å². The number of likely N-dealkylation sites (N-methyl/N-ethyl adjacent to an activating group) is 1. The molecule has 2 rings (SSSR count). The van der Waals surface area contributed by atoms with Crippen LogP contribution in [0.2, 0.25) is 10.0 Å². The van der Waals surface area contributed by atoms with Crippen LogP contribution >= 0.6 is 23.2 Å². The molecule has 2 unspecified atom stereocenters. The minimum atomic E-state index is -0.826. The van der Waals surface area contributed by atoms with Crippen LogP contribution in [-0.4, -0.2) is 59.5 Å². The van der Waals surface area contributed by atoms with E-state index in [1.54, 1.807) is 12.1 Å². The number of carbonyl (C=O) groups excluding carboxylic acids is 1. The van der Waals surface area contributed by atoms with E-state index in [9.17, 15) is 9.59 Å². The van der Waals surface area contributed by atoms with Gasteiger partial charge in [-0.3, -0.25) is 14.5 Å². The van der Waals surface area contributed by atoms with Crippen LogP contribution in [0, 0.1) is 0 Å². The molecule has 0 radical (unpaired) electrons. The highest BCUT2D eigenvalue weighted by Gasteiger charge is 2.27. The zero-order valence-corrected chi connectivity index (χ0v) is 16.1. The summed E-state index contributed by atoms with van der Waals surface area (Å²) >= 11 is 12.0. The Labute approximate surface area is 158 Å². The average molecular weight is 387 g/mol. The molecule has 1 saturated heterocycles. The van der Waals surface area contributed by atoms with E-state index in [0.29, 0.717) is 23.1 Å². The molecule has 1 heterocycles. The maximum Gasteiger partial charge on any atom is 0.317 e. The Bertz CT molecular complexity index is 639. The van der Waals surface area contributed by atoms with Gasteiger partial charge < -0.3 is 10.0 Å². The Kier molecular flexibility index (Phi) is 7.11. The highest BCUT2D eigenvalue weighted by Crippen LogP contribution is 2.28. The first kappa shape index (κ1) is 20.0. The van der Waals surface area contributed by atoms with Crippen LogP contribution in [-0.2, 0) is 9.59 Å². The van der Waals surface area contributed by atoms with Crippen LogP contribution in [0.25, 0.3) is 0 Å². The van der Waals surface area contributed by atoms with Crippen molar-refractivity contribution in [3.8, 4) is 0 Å². The fraction of sp³-hybridized carbons (Fsp3) is 0.556. The zero-order valence-electron chi connectivity index (χ0n) is 14.5. The molecule has 1 N–H and O–H groups in total. The van der Waals surface area contributed by atoms with Gasteiger partial charge in [-0.15, -0.1) is 0 Å². The molecule has 1 aliphatic heterocycles. The third-order valence-corrected chi connectivity index (χ3v) is 5.57. The smallest absolute Gasteiger partial charge is 0.317 e. The molecule has 1 fully saturated rings. The molecule has 7 heteroatoms. The normalized spacial score (nSPS) is 19.6. The first-order chi connectivity index (χ1) is 11.8. The highest BCUT2D eigenvalue weighted by atomic mass is 35.5. The fourth-order valence-corrected chi connectivity index (χ4v) is 3.59. The van der Waals surface area contributed by atoms with Crippen LogP contribution in [0.3, 0.4) is 0 Å². The summed E-state index contributed by atoms with van der Waals surface area (Å²) in [5, 5.41) is 9.86. The maximum absolute atomic E-state index is 12.8. The van der Waals surface area contributed by atoms with E-state index in [0.717, 1.165) is 24.8 Å². The summed E-state index contributed by atoms with van der Waals surface area (Å²) < 4.78 is 0. The van der Waals surface area contributed by atoms with Crippen LogP contribution in [0.5, 0.6) is 0 Å². The largest absolute Gasteiger partial charge is 0.480 e. The lowest BCUT2D eigenvalue weighted by Crippen LogP contribution is -2.38. The van der Waals surface area contributed by atoms with Crippen molar-refractivity contribution in [2.45, 2.75) is 38.1 Å². The molecule has 25 heavy (non-hydrogen) atoms. The van der Waals surface area contributed by atoms with E-state index in [-0.39, 0.29) is 24.4 Å². The molecule has 0 bridgehead atoms. The van der Waals surface area contributed by atoms with Crippen molar-refractivity contribution in [3.05, 3.63) is 33.8 Å². The van der Waals surface area contributed by atoms with E-state index in [1.165, 1.54) is 0 Å². The van der Waals surface area contributed by atoms with Crippen LogP contribution < -0.4 is 0 Å². The summed E-state index contributed by atoms with van der Waals surface area (Å²) in [5.41, 5.74) is 0.850. The lowest BCUT2D eigenvalue weighted by molar-refractivity contribution is -0.138. The number of carbonyl (C=O) groups is 2. The molecular formula is C18H24Cl2N2O3. The van der Waals surface area contributed by atoms with Crippen molar-refractivity contribution in [2.24, 2.45) is 0 Å². The summed E-state index contributed by atoms with van der Waals surface area (Å²) in [6.45, 7) is 3.24. The van der Waals surface area contributed by atoms with Crippen LogP contribution in [0.15, 0.2) is 18.2 Å². The standard InChI is InChI=1S/C18H24Cl2N2O3/c1-12(13-5-6-15(19)16(20)10-13)18(25)22-8-3-4-14(7-9-22)21(2)11-17(23)24/h5-6,10,12,14H,3-4,7-9,11H2,1-2H3,(H,23,24). The van der Waals surface area contributed by atoms with Gasteiger partial charge in [0.25, 0.3) is 0 Å². The van der Waals surface area contributed by atoms with Gasteiger partial charge in [-0.1, -0.05) is 29.3 Å². The second kappa shape index (κ2) is 8.88. The molecule has 0 aromatic heterocycles. The van der Waals surface area contributed by atoms with Gasteiger partial charge in [0.15, 0.2) is 0 Å². The predicted octanol–water partition coefficient (Wildman–Crippen LogP) is 3.49. The van der Waals surface area contributed by atoms with Gasteiger partial charge in [0.1, 0.15) is 0 Å². The fourth-order valence-electron chi connectivity index (χ4n) is 3.28. The summed E-state index contributed by atoms with van der Waals surface area (Å²) in [6.07, 6.45) is 2.55. The first-order valence-electron chi connectivity index (χ1n) is 8.45. The highest BCUT2D eigenvalue weighted by molar-refractivity contribution is 6.42. The molecular weight excluding hydrogens is 363 g/mol. The Balaban J connectivity index is 2.00. The van der Waals surface area contributed by atoms with Crippen molar-refractivity contribution in [2.75, 3.05) is 26.7 Å². The number of carboxylic acids is 1. The molecule has 2 atom stereocenters. The zero-order chi connectivity index (χ0) is 18.6. The Morgan fingerprint density at radius 3 is 2.64 bits per heavy atom. The third-order valence-electron chi connectivity index (χ3n) is 4.83. The van der Waals surface area contributed by atoms with Crippen molar-refractivity contribution >= 4 is 35.1 Å². The van der Waals surface area contributed by atoms with Gasteiger partial charge in [0, 0.05) is 19.1 Å². The number of halogens is 2. The lowest BCUT2D eigenvalue weighted by atomic mass is 9.99.